The number of carbonyl (C=O) groups is 2. The maximum atomic E-state index is 14.4. The second-order valence-corrected chi connectivity index (χ2v) is 6.32. The van der Waals surface area contributed by atoms with Crippen molar-refractivity contribution in [2.24, 2.45) is 5.92 Å². The van der Waals surface area contributed by atoms with E-state index in [9.17, 15) is 18.4 Å². The van der Waals surface area contributed by atoms with Crippen molar-refractivity contribution in [1.29, 1.82) is 0 Å². The van der Waals surface area contributed by atoms with Gasteiger partial charge < -0.3 is 14.7 Å². The number of amides is 2. The van der Waals surface area contributed by atoms with Crippen LogP contribution in [0.15, 0.2) is 40.9 Å². The first-order valence-corrected chi connectivity index (χ1v) is 8.35. The second-order valence-electron chi connectivity index (χ2n) is 6.32. The summed E-state index contributed by atoms with van der Waals surface area (Å²) in [6.45, 7) is 1.92. The van der Waals surface area contributed by atoms with Crippen LogP contribution in [0.2, 0.25) is 0 Å². The molecule has 26 heavy (non-hydrogen) atoms. The van der Waals surface area contributed by atoms with E-state index in [2.05, 4.69) is 10.5 Å². The molecule has 3 rings (SSSR count). The highest BCUT2D eigenvalue weighted by Crippen LogP contribution is 2.32. The Morgan fingerprint density at radius 1 is 1.23 bits per heavy atom. The van der Waals surface area contributed by atoms with Crippen molar-refractivity contribution in [3.63, 3.8) is 0 Å². The SMILES string of the molecule is Cc1cc(NC(=O)C2CCN(C(=O)C(F)(F)c3ccccc3)CC2)no1. The Labute approximate surface area is 149 Å². The predicted octanol–water partition coefficient (Wildman–Crippen LogP) is 2.95. The largest absolute Gasteiger partial charge is 0.360 e. The van der Waals surface area contributed by atoms with E-state index in [0.717, 1.165) is 4.90 Å². The smallest absolute Gasteiger partial charge is 0.349 e. The van der Waals surface area contributed by atoms with Gasteiger partial charge in [-0.2, -0.15) is 8.78 Å². The van der Waals surface area contributed by atoms with Gasteiger partial charge >= 0.3 is 5.92 Å². The van der Waals surface area contributed by atoms with Gasteiger partial charge in [-0.1, -0.05) is 35.5 Å². The molecule has 0 saturated carbocycles. The molecule has 2 aromatic rings. The summed E-state index contributed by atoms with van der Waals surface area (Å²) in [7, 11) is 0. The molecule has 0 atom stereocenters. The van der Waals surface area contributed by atoms with Gasteiger partial charge in [0, 0.05) is 30.6 Å². The quantitative estimate of drug-likeness (QED) is 0.906. The molecule has 0 bridgehead atoms. The molecule has 1 fully saturated rings. The number of hydrogen-bond acceptors (Lipinski definition) is 4. The Morgan fingerprint density at radius 2 is 1.88 bits per heavy atom. The third kappa shape index (κ3) is 3.74. The van der Waals surface area contributed by atoms with Crippen LogP contribution in [0.5, 0.6) is 0 Å². The lowest BCUT2D eigenvalue weighted by Crippen LogP contribution is -2.47. The van der Waals surface area contributed by atoms with Crippen LogP contribution in [0.4, 0.5) is 14.6 Å². The lowest BCUT2D eigenvalue weighted by molar-refractivity contribution is -0.160. The molecule has 2 heterocycles. The van der Waals surface area contributed by atoms with E-state index in [-0.39, 0.29) is 30.5 Å². The van der Waals surface area contributed by atoms with Gasteiger partial charge in [-0.05, 0) is 19.8 Å². The number of likely N-dealkylation sites (tertiary alicyclic amines) is 1. The van der Waals surface area contributed by atoms with Gasteiger partial charge in [0.25, 0.3) is 5.91 Å². The van der Waals surface area contributed by atoms with Crippen LogP contribution in [0, 0.1) is 12.8 Å². The molecule has 0 unspecified atom stereocenters. The zero-order valence-electron chi connectivity index (χ0n) is 14.2. The standard InChI is InChI=1S/C18H19F2N3O3/c1-12-11-15(22-26-12)21-16(24)13-7-9-23(10-8-13)17(25)18(19,20)14-5-3-2-4-6-14/h2-6,11,13H,7-10H2,1H3,(H,21,22,24). The lowest BCUT2D eigenvalue weighted by Gasteiger charge is -2.33. The molecule has 1 aliphatic heterocycles. The van der Waals surface area contributed by atoms with Crippen LogP contribution in [0.25, 0.3) is 0 Å². The maximum Gasteiger partial charge on any atom is 0.349 e. The van der Waals surface area contributed by atoms with Crippen molar-refractivity contribution in [2.45, 2.75) is 25.7 Å². The Balaban J connectivity index is 1.57. The fraction of sp³-hybridized carbons (Fsp3) is 0.389. The normalized spacial score (nSPS) is 15.7. The highest BCUT2D eigenvalue weighted by molar-refractivity contribution is 5.92. The van der Waals surface area contributed by atoms with E-state index in [4.69, 9.17) is 4.52 Å². The number of carbonyl (C=O) groups excluding carboxylic acids is 2. The topological polar surface area (TPSA) is 75.4 Å². The van der Waals surface area contributed by atoms with Crippen LogP contribution in [0.3, 0.4) is 0 Å². The van der Waals surface area contributed by atoms with E-state index in [0.29, 0.717) is 24.4 Å². The van der Waals surface area contributed by atoms with Crippen molar-refractivity contribution >= 4 is 17.6 Å². The minimum absolute atomic E-state index is 0.108. The second kappa shape index (κ2) is 7.23. The van der Waals surface area contributed by atoms with E-state index in [1.54, 1.807) is 19.1 Å². The molecule has 8 heteroatoms. The van der Waals surface area contributed by atoms with Gasteiger partial charge in [0.05, 0.1) is 0 Å². The summed E-state index contributed by atoms with van der Waals surface area (Å²) in [6, 6.07) is 8.62. The molecule has 0 radical (unpaired) electrons. The summed E-state index contributed by atoms with van der Waals surface area (Å²) in [5.41, 5.74) is -0.328. The Morgan fingerprint density at radius 3 is 2.46 bits per heavy atom. The minimum atomic E-state index is -3.57. The number of aryl methyl sites for hydroxylation is 1. The molecular formula is C18H19F2N3O3. The van der Waals surface area contributed by atoms with Crippen LogP contribution in [-0.2, 0) is 15.5 Å². The number of benzene rings is 1. The first-order valence-electron chi connectivity index (χ1n) is 8.35. The molecule has 6 nitrogen and oxygen atoms in total. The number of nitrogens with zero attached hydrogens (tertiary/aromatic N) is 2. The number of aromatic nitrogens is 1. The molecule has 138 valence electrons. The molecule has 1 aliphatic rings. The fourth-order valence-corrected chi connectivity index (χ4v) is 2.97. The van der Waals surface area contributed by atoms with Gasteiger partial charge in [0.15, 0.2) is 5.82 Å². The van der Waals surface area contributed by atoms with Crippen LogP contribution in [0.1, 0.15) is 24.2 Å². The summed E-state index contributed by atoms with van der Waals surface area (Å²) in [6.07, 6.45) is 0.637. The number of hydrogen-bond donors (Lipinski definition) is 1. The zero-order chi connectivity index (χ0) is 18.7. The van der Waals surface area contributed by atoms with Crippen molar-refractivity contribution in [2.75, 3.05) is 18.4 Å². The third-order valence-corrected chi connectivity index (χ3v) is 4.44. The van der Waals surface area contributed by atoms with Gasteiger partial charge in [-0.3, -0.25) is 9.59 Å². The number of rotatable bonds is 4. The lowest BCUT2D eigenvalue weighted by atomic mass is 9.95. The molecular weight excluding hydrogens is 344 g/mol. The van der Waals surface area contributed by atoms with Crippen molar-refractivity contribution < 1.29 is 22.9 Å². The first kappa shape index (κ1) is 18.0. The predicted molar refractivity (Wildman–Crippen MR) is 89.5 cm³/mol. The van der Waals surface area contributed by atoms with E-state index >= 15 is 0 Å². The Kier molecular flexibility index (Phi) is 5.01. The number of alkyl halides is 2. The Hall–Kier alpha value is -2.77. The van der Waals surface area contributed by atoms with Crippen LogP contribution < -0.4 is 5.32 Å². The minimum Gasteiger partial charge on any atom is -0.360 e. The molecule has 0 spiro atoms. The summed E-state index contributed by atoms with van der Waals surface area (Å²) in [5.74, 6) is -4.52. The van der Waals surface area contributed by atoms with Crippen molar-refractivity contribution in [3.8, 4) is 0 Å². The highest BCUT2D eigenvalue weighted by Gasteiger charge is 2.44. The van der Waals surface area contributed by atoms with E-state index in [1.807, 2.05) is 0 Å². The number of piperidine rings is 1. The molecule has 0 aliphatic carbocycles. The highest BCUT2D eigenvalue weighted by atomic mass is 19.3. The van der Waals surface area contributed by atoms with Crippen molar-refractivity contribution in [3.05, 3.63) is 47.7 Å². The van der Waals surface area contributed by atoms with Gasteiger partial charge in [-0.25, -0.2) is 0 Å². The number of nitrogens with one attached hydrogen (secondary N) is 1. The summed E-state index contributed by atoms with van der Waals surface area (Å²) in [4.78, 5) is 25.6. The maximum absolute atomic E-state index is 14.4. The zero-order valence-corrected chi connectivity index (χ0v) is 14.2. The molecule has 1 aromatic carbocycles. The molecule has 1 N–H and O–H groups in total. The molecule has 1 aromatic heterocycles. The average Bonchev–Trinajstić information content (AvgIpc) is 3.06. The number of anilines is 1. The van der Waals surface area contributed by atoms with E-state index < -0.39 is 11.8 Å². The summed E-state index contributed by atoms with van der Waals surface area (Å²) in [5, 5.41) is 6.33. The van der Waals surface area contributed by atoms with Gasteiger partial charge in [0.2, 0.25) is 5.91 Å². The molecule has 2 amide bonds. The van der Waals surface area contributed by atoms with Crippen molar-refractivity contribution in [1.82, 2.24) is 10.1 Å². The van der Waals surface area contributed by atoms with Gasteiger partial charge in [0.1, 0.15) is 5.76 Å². The van der Waals surface area contributed by atoms with Crippen LogP contribution >= 0.6 is 0 Å². The average molecular weight is 363 g/mol. The third-order valence-electron chi connectivity index (χ3n) is 4.44. The monoisotopic (exact) mass is 363 g/mol. The Bertz CT molecular complexity index is 784. The summed E-state index contributed by atoms with van der Waals surface area (Å²) >= 11 is 0. The number of halogens is 2. The first-order chi connectivity index (χ1) is 12.4. The fourth-order valence-electron chi connectivity index (χ4n) is 2.97. The van der Waals surface area contributed by atoms with E-state index in [1.165, 1.54) is 24.3 Å². The van der Waals surface area contributed by atoms with Crippen LogP contribution in [-0.4, -0.2) is 35.0 Å². The molecule has 1 saturated heterocycles. The summed E-state index contributed by atoms with van der Waals surface area (Å²) < 4.78 is 33.7. The van der Waals surface area contributed by atoms with Gasteiger partial charge in [-0.15, -0.1) is 0 Å².